The molecule has 0 aromatic carbocycles. The van der Waals surface area contributed by atoms with E-state index < -0.39 is 0 Å². The van der Waals surface area contributed by atoms with Gasteiger partial charge in [-0.3, -0.25) is 9.79 Å². The van der Waals surface area contributed by atoms with Crippen molar-refractivity contribution in [2.75, 3.05) is 27.2 Å². The lowest BCUT2D eigenvalue weighted by molar-refractivity contribution is -0.176. The largest absolute Gasteiger partial charge is 0.378 e. The predicted molar refractivity (Wildman–Crippen MR) is 108 cm³/mol. The van der Waals surface area contributed by atoms with Crippen LogP contribution in [0, 0.1) is 5.41 Å². The van der Waals surface area contributed by atoms with Gasteiger partial charge in [0.25, 0.3) is 0 Å². The number of ether oxygens (including phenoxy) is 1. The number of rotatable bonds is 3. The lowest BCUT2D eigenvalue weighted by Gasteiger charge is -2.59. The molecule has 140 valence electrons. The molecule has 0 spiro atoms. The van der Waals surface area contributed by atoms with Crippen molar-refractivity contribution in [1.29, 1.82) is 0 Å². The molecule has 1 heterocycles. The van der Waals surface area contributed by atoms with Crippen molar-refractivity contribution >= 4 is 35.8 Å². The highest BCUT2D eigenvalue weighted by Gasteiger charge is 2.58. The van der Waals surface area contributed by atoms with Crippen LogP contribution in [0.3, 0.4) is 0 Å². The van der Waals surface area contributed by atoms with Crippen LogP contribution in [0.1, 0.15) is 47.0 Å². The molecule has 0 aromatic rings. The topological polar surface area (TPSA) is 66.0 Å². The molecule has 1 saturated carbocycles. The maximum atomic E-state index is 11.4. The fraction of sp³-hybridized carbons (Fsp3) is 0.882. The second-order valence-corrected chi connectivity index (χ2v) is 7.55. The number of carbonyl (C=O) groups is 1. The first-order valence-corrected chi connectivity index (χ1v) is 8.54. The van der Waals surface area contributed by atoms with E-state index in [1.165, 1.54) is 0 Å². The van der Waals surface area contributed by atoms with Gasteiger partial charge in [-0.15, -0.1) is 24.0 Å². The average molecular weight is 452 g/mol. The summed E-state index contributed by atoms with van der Waals surface area (Å²) in [6.07, 6.45) is 2.90. The third kappa shape index (κ3) is 4.15. The van der Waals surface area contributed by atoms with E-state index in [0.29, 0.717) is 12.1 Å². The summed E-state index contributed by atoms with van der Waals surface area (Å²) in [5.41, 5.74) is -0.0340. The van der Waals surface area contributed by atoms with Gasteiger partial charge >= 0.3 is 0 Å². The predicted octanol–water partition coefficient (Wildman–Crippen LogP) is 1.98. The highest BCUT2D eigenvalue weighted by molar-refractivity contribution is 14.0. The van der Waals surface area contributed by atoms with Crippen molar-refractivity contribution in [3.8, 4) is 0 Å². The van der Waals surface area contributed by atoms with Gasteiger partial charge in [-0.1, -0.05) is 13.8 Å². The Morgan fingerprint density at radius 3 is 2.21 bits per heavy atom. The first-order valence-electron chi connectivity index (χ1n) is 8.54. The van der Waals surface area contributed by atoms with Gasteiger partial charge in [-0.25, -0.2) is 0 Å². The number of halogens is 1. The number of guanidine groups is 1. The first kappa shape index (κ1) is 21.5. The highest BCUT2D eigenvalue weighted by atomic mass is 127. The molecule has 1 saturated heterocycles. The Bertz CT molecular complexity index is 475. The van der Waals surface area contributed by atoms with Crippen molar-refractivity contribution in [1.82, 2.24) is 15.5 Å². The lowest BCUT2D eigenvalue weighted by Crippen LogP contribution is -2.69. The smallest absolute Gasteiger partial charge is 0.219 e. The Balaban J connectivity index is 0.00000288. The minimum Gasteiger partial charge on any atom is -0.378 e. The summed E-state index contributed by atoms with van der Waals surface area (Å²) in [5, 5.41) is 7.05. The van der Waals surface area contributed by atoms with Gasteiger partial charge in [0, 0.05) is 51.7 Å². The summed E-state index contributed by atoms with van der Waals surface area (Å²) in [4.78, 5) is 17.7. The highest BCUT2D eigenvalue weighted by Crippen LogP contribution is 2.51. The Morgan fingerprint density at radius 1 is 1.21 bits per heavy atom. The van der Waals surface area contributed by atoms with Gasteiger partial charge in [0.1, 0.15) is 0 Å². The molecule has 2 unspecified atom stereocenters. The molecule has 0 radical (unpaired) electrons. The summed E-state index contributed by atoms with van der Waals surface area (Å²) >= 11 is 0. The number of nitrogens with zero attached hydrogens (tertiary/aromatic N) is 2. The molecule has 2 rings (SSSR count). The minimum absolute atomic E-state index is 0. The molecule has 2 aliphatic rings. The number of methoxy groups -OCH3 is 1. The Labute approximate surface area is 163 Å². The maximum absolute atomic E-state index is 11.4. The molecule has 6 nitrogen and oxygen atoms in total. The molecule has 0 bridgehead atoms. The van der Waals surface area contributed by atoms with E-state index in [-0.39, 0.29) is 40.9 Å². The normalized spacial score (nSPS) is 30.2. The van der Waals surface area contributed by atoms with Gasteiger partial charge in [0.05, 0.1) is 5.60 Å². The zero-order valence-corrected chi connectivity index (χ0v) is 18.1. The molecular formula is C17H33IN4O2. The van der Waals surface area contributed by atoms with Gasteiger partial charge in [-0.05, 0) is 26.2 Å². The fourth-order valence-electron chi connectivity index (χ4n) is 3.59. The number of likely N-dealkylation sites (tertiary alicyclic amines) is 1. The SMILES string of the molecule is CN=C(NC1CCN(C(C)=O)CC1)NC1CC(C)(OC)C1(C)C.I. The first-order chi connectivity index (χ1) is 10.7. The van der Waals surface area contributed by atoms with E-state index in [9.17, 15) is 4.79 Å². The van der Waals surface area contributed by atoms with Gasteiger partial charge in [0.15, 0.2) is 5.96 Å². The summed E-state index contributed by atoms with van der Waals surface area (Å²) in [6.45, 7) is 9.91. The van der Waals surface area contributed by atoms with E-state index in [1.54, 1.807) is 21.1 Å². The van der Waals surface area contributed by atoms with Crippen LogP contribution < -0.4 is 10.6 Å². The van der Waals surface area contributed by atoms with E-state index in [4.69, 9.17) is 4.74 Å². The summed E-state index contributed by atoms with van der Waals surface area (Å²) in [5.74, 6) is 1.02. The second-order valence-electron chi connectivity index (χ2n) is 7.55. The molecule has 1 aliphatic carbocycles. The van der Waals surface area contributed by atoms with Crippen molar-refractivity contribution in [3.63, 3.8) is 0 Å². The van der Waals surface area contributed by atoms with Crippen LogP contribution in [0.5, 0.6) is 0 Å². The van der Waals surface area contributed by atoms with Gasteiger partial charge < -0.3 is 20.3 Å². The van der Waals surface area contributed by atoms with Crippen LogP contribution in [0.4, 0.5) is 0 Å². The van der Waals surface area contributed by atoms with Crippen LogP contribution in [-0.2, 0) is 9.53 Å². The summed E-state index contributed by atoms with van der Waals surface area (Å²) in [6, 6.07) is 0.713. The van der Waals surface area contributed by atoms with E-state index in [1.807, 2.05) is 4.90 Å². The molecule has 2 atom stereocenters. The monoisotopic (exact) mass is 452 g/mol. The maximum Gasteiger partial charge on any atom is 0.219 e. The van der Waals surface area contributed by atoms with Crippen molar-refractivity contribution < 1.29 is 9.53 Å². The molecule has 1 aliphatic heterocycles. The molecule has 2 fully saturated rings. The Morgan fingerprint density at radius 2 is 1.79 bits per heavy atom. The van der Waals surface area contributed by atoms with E-state index in [2.05, 4.69) is 36.4 Å². The van der Waals surface area contributed by atoms with Crippen molar-refractivity contribution in [3.05, 3.63) is 0 Å². The van der Waals surface area contributed by atoms with Gasteiger partial charge in [0.2, 0.25) is 5.91 Å². The molecule has 24 heavy (non-hydrogen) atoms. The third-order valence-electron chi connectivity index (χ3n) is 6.09. The lowest BCUT2D eigenvalue weighted by atomic mass is 9.56. The standard InChI is InChI=1S/C17H32N4O2.HI/c1-12(22)21-9-7-13(8-10-21)19-15(18-5)20-14-11-17(4,23-6)16(14,2)3;/h13-14H,7-11H2,1-6H3,(H2,18,19,20);1H. The average Bonchev–Trinajstić information content (AvgIpc) is 2.53. The van der Waals surface area contributed by atoms with Crippen LogP contribution >= 0.6 is 24.0 Å². The Hall–Kier alpha value is -0.570. The zero-order chi connectivity index (χ0) is 17.3. The molecular weight excluding hydrogens is 419 g/mol. The van der Waals surface area contributed by atoms with Crippen molar-refractivity contribution in [2.24, 2.45) is 10.4 Å². The van der Waals surface area contributed by atoms with Crippen LogP contribution in [0.15, 0.2) is 4.99 Å². The number of piperidine rings is 1. The third-order valence-corrected chi connectivity index (χ3v) is 6.09. The number of aliphatic imine (C=N–C) groups is 1. The number of nitrogens with one attached hydrogen (secondary N) is 2. The zero-order valence-electron chi connectivity index (χ0n) is 15.8. The van der Waals surface area contributed by atoms with E-state index in [0.717, 1.165) is 38.3 Å². The quantitative estimate of drug-likeness (QED) is 0.391. The van der Waals surface area contributed by atoms with E-state index >= 15 is 0 Å². The number of hydrogen-bond donors (Lipinski definition) is 2. The Kier molecular flexibility index (Phi) is 7.34. The van der Waals surface area contributed by atoms with Crippen molar-refractivity contribution in [2.45, 2.75) is 64.6 Å². The molecule has 0 aromatic heterocycles. The second kappa shape index (κ2) is 8.21. The molecule has 1 amide bonds. The fourth-order valence-corrected chi connectivity index (χ4v) is 3.59. The number of amides is 1. The minimum atomic E-state index is -0.0870. The number of carbonyl (C=O) groups excluding carboxylic acids is 1. The van der Waals surface area contributed by atoms with Gasteiger partial charge in [-0.2, -0.15) is 0 Å². The summed E-state index contributed by atoms with van der Waals surface area (Å²) < 4.78 is 5.68. The van der Waals surface area contributed by atoms with Crippen LogP contribution in [0.2, 0.25) is 0 Å². The molecule has 2 N–H and O–H groups in total. The molecule has 7 heteroatoms. The number of hydrogen-bond acceptors (Lipinski definition) is 3. The van der Waals surface area contributed by atoms with Crippen LogP contribution in [-0.4, -0.2) is 61.7 Å². The summed E-state index contributed by atoms with van der Waals surface area (Å²) in [7, 11) is 3.59. The van der Waals surface area contributed by atoms with Crippen LogP contribution in [0.25, 0.3) is 0 Å².